The molecule has 0 unspecified atom stereocenters. The summed E-state index contributed by atoms with van der Waals surface area (Å²) in [7, 11) is 1.79. The molecule has 1 aromatic heterocycles. The van der Waals surface area contributed by atoms with Crippen molar-refractivity contribution >= 4 is 0 Å². The molecule has 1 aromatic rings. The summed E-state index contributed by atoms with van der Waals surface area (Å²) in [5.74, 6) is 0.861. The van der Waals surface area contributed by atoms with Crippen LogP contribution in [0, 0.1) is 6.92 Å². The van der Waals surface area contributed by atoms with E-state index >= 15 is 0 Å². The van der Waals surface area contributed by atoms with Crippen molar-refractivity contribution in [3.05, 3.63) is 23.3 Å². The maximum absolute atomic E-state index is 5.88. The Hall–Kier alpha value is -1.00. The second kappa shape index (κ2) is 6.44. The van der Waals surface area contributed by atoms with E-state index < -0.39 is 0 Å². The Morgan fingerprint density at radius 1 is 1.21 bits per heavy atom. The summed E-state index contributed by atoms with van der Waals surface area (Å²) in [6.45, 7) is 2.64. The van der Waals surface area contributed by atoms with Crippen molar-refractivity contribution in [3.8, 4) is 0 Å². The van der Waals surface area contributed by atoms with Crippen LogP contribution in [0.1, 0.15) is 55.7 Å². The van der Waals surface area contributed by atoms with E-state index in [1.165, 1.54) is 25.7 Å². The lowest BCUT2D eigenvalue weighted by molar-refractivity contribution is -0.0354. The van der Waals surface area contributed by atoms with E-state index in [-0.39, 0.29) is 5.60 Å². The average Bonchev–Trinajstić information content (AvgIpc) is 2.64. The normalized spacial score (nSPS) is 19.1. The summed E-state index contributed by atoms with van der Waals surface area (Å²) in [6.07, 6.45) is 7.80. The van der Waals surface area contributed by atoms with Crippen molar-refractivity contribution in [1.29, 1.82) is 0 Å². The third-order valence-corrected chi connectivity index (χ3v) is 4.02. The number of ether oxygens (including phenoxy) is 1. The quantitative estimate of drug-likeness (QED) is 0.848. The standard InChI is InChI=1S/C15H25N3O/c1-12-11-13(7-10-16)18-14(17-12)15(19-2)8-5-3-4-6-9-15/h11H,3-10,16H2,1-2H3. The van der Waals surface area contributed by atoms with E-state index in [2.05, 4.69) is 4.98 Å². The van der Waals surface area contributed by atoms with Crippen LogP contribution in [0.15, 0.2) is 6.07 Å². The number of hydrogen-bond donors (Lipinski definition) is 1. The molecule has 19 heavy (non-hydrogen) atoms. The van der Waals surface area contributed by atoms with E-state index in [0.29, 0.717) is 6.54 Å². The fourth-order valence-electron chi connectivity index (χ4n) is 2.93. The van der Waals surface area contributed by atoms with Gasteiger partial charge in [-0.1, -0.05) is 25.7 Å². The Bertz CT molecular complexity index is 412. The Morgan fingerprint density at radius 2 is 1.89 bits per heavy atom. The van der Waals surface area contributed by atoms with Gasteiger partial charge in [-0.15, -0.1) is 0 Å². The first kappa shape index (κ1) is 14.4. The van der Waals surface area contributed by atoms with Crippen LogP contribution in [0.4, 0.5) is 0 Å². The number of nitrogens with two attached hydrogens (primary N) is 1. The van der Waals surface area contributed by atoms with Crippen molar-refractivity contribution in [2.24, 2.45) is 5.73 Å². The van der Waals surface area contributed by atoms with Gasteiger partial charge in [0.05, 0.1) is 0 Å². The molecule has 0 bridgehead atoms. The van der Waals surface area contributed by atoms with Crippen LogP contribution >= 0.6 is 0 Å². The lowest BCUT2D eigenvalue weighted by Gasteiger charge is -2.30. The molecule has 0 radical (unpaired) electrons. The first-order valence-corrected chi connectivity index (χ1v) is 7.30. The Balaban J connectivity index is 2.35. The van der Waals surface area contributed by atoms with Crippen LogP contribution in [0.2, 0.25) is 0 Å². The fraction of sp³-hybridized carbons (Fsp3) is 0.733. The van der Waals surface area contributed by atoms with E-state index in [0.717, 1.165) is 36.5 Å². The predicted octanol–water partition coefficient (Wildman–Crippen LogP) is 2.48. The summed E-state index contributed by atoms with van der Waals surface area (Å²) in [6, 6.07) is 2.02. The van der Waals surface area contributed by atoms with Gasteiger partial charge < -0.3 is 10.5 Å². The first-order valence-electron chi connectivity index (χ1n) is 7.30. The lowest BCUT2D eigenvalue weighted by Crippen LogP contribution is -2.31. The Morgan fingerprint density at radius 3 is 2.47 bits per heavy atom. The van der Waals surface area contributed by atoms with Crippen molar-refractivity contribution < 1.29 is 4.74 Å². The molecule has 0 aromatic carbocycles. The number of methoxy groups -OCH3 is 1. The first-order chi connectivity index (χ1) is 9.20. The van der Waals surface area contributed by atoms with Crippen molar-refractivity contribution in [2.45, 2.75) is 57.5 Å². The molecule has 1 aliphatic rings. The molecular weight excluding hydrogens is 238 g/mol. The number of nitrogens with zero attached hydrogens (tertiary/aromatic N) is 2. The number of hydrogen-bond acceptors (Lipinski definition) is 4. The molecule has 1 saturated carbocycles. The monoisotopic (exact) mass is 263 g/mol. The van der Waals surface area contributed by atoms with E-state index in [1.54, 1.807) is 7.11 Å². The Kier molecular flexibility index (Phi) is 4.88. The van der Waals surface area contributed by atoms with Gasteiger partial charge in [-0.25, -0.2) is 9.97 Å². The van der Waals surface area contributed by atoms with Crippen LogP contribution in [0.5, 0.6) is 0 Å². The molecule has 0 aliphatic heterocycles. The topological polar surface area (TPSA) is 61.0 Å². The lowest BCUT2D eigenvalue weighted by atomic mass is 9.92. The minimum Gasteiger partial charge on any atom is -0.370 e. The van der Waals surface area contributed by atoms with Gasteiger partial charge in [0, 0.05) is 24.9 Å². The number of aryl methyl sites for hydroxylation is 1. The average molecular weight is 263 g/mol. The van der Waals surface area contributed by atoms with Crippen LogP contribution in [-0.4, -0.2) is 23.6 Å². The zero-order valence-electron chi connectivity index (χ0n) is 12.1. The van der Waals surface area contributed by atoms with Crippen LogP contribution in [-0.2, 0) is 16.8 Å². The van der Waals surface area contributed by atoms with Gasteiger partial charge in [-0.3, -0.25) is 0 Å². The molecule has 0 saturated heterocycles. The second-order valence-corrected chi connectivity index (χ2v) is 5.48. The second-order valence-electron chi connectivity index (χ2n) is 5.48. The molecular formula is C15H25N3O. The molecule has 2 rings (SSSR count). The molecule has 1 fully saturated rings. The van der Waals surface area contributed by atoms with Crippen molar-refractivity contribution in [3.63, 3.8) is 0 Å². The van der Waals surface area contributed by atoms with E-state index in [9.17, 15) is 0 Å². The molecule has 2 N–H and O–H groups in total. The highest BCUT2D eigenvalue weighted by atomic mass is 16.5. The van der Waals surface area contributed by atoms with E-state index in [1.807, 2.05) is 13.0 Å². The summed E-state index contributed by atoms with van der Waals surface area (Å²) in [5, 5.41) is 0. The third-order valence-electron chi connectivity index (χ3n) is 4.02. The van der Waals surface area contributed by atoms with Crippen LogP contribution < -0.4 is 5.73 Å². The molecule has 0 atom stereocenters. The molecule has 0 amide bonds. The van der Waals surface area contributed by atoms with Gasteiger partial charge in [-0.2, -0.15) is 0 Å². The van der Waals surface area contributed by atoms with E-state index in [4.69, 9.17) is 15.5 Å². The number of rotatable bonds is 4. The van der Waals surface area contributed by atoms with Gasteiger partial charge in [0.25, 0.3) is 0 Å². The van der Waals surface area contributed by atoms with Gasteiger partial charge in [0.1, 0.15) is 5.60 Å². The minimum atomic E-state index is -0.286. The highest BCUT2D eigenvalue weighted by Crippen LogP contribution is 2.37. The maximum atomic E-state index is 5.88. The highest BCUT2D eigenvalue weighted by Gasteiger charge is 2.36. The highest BCUT2D eigenvalue weighted by molar-refractivity contribution is 5.15. The predicted molar refractivity (Wildman–Crippen MR) is 75.9 cm³/mol. The van der Waals surface area contributed by atoms with Gasteiger partial charge in [0.2, 0.25) is 0 Å². The molecule has 4 nitrogen and oxygen atoms in total. The van der Waals surface area contributed by atoms with Crippen molar-refractivity contribution in [1.82, 2.24) is 9.97 Å². The zero-order chi connectivity index (χ0) is 13.7. The largest absolute Gasteiger partial charge is 0.370 e. The summed E-state index contributed by atoms with van der Waals surface area (Å²) >= 11 is 0. The van der Waals surface area contributed by atoms with Gasteiger partial charge in [-0.05, 0) is 32.4 Å². The zero-order valence-corrected chi connectivity index (χ0v) is 12.1. The number of aromatic nitrogens is 2. The maximum Gasteiger partial charge on any atom is 0.160 e. The van der Waals surface area contributed by atoms with Crippen molar-refractivity contribution in [2.75, 3.05) is 13.7 Å². The molecule has 4 heteroatoms. The molecule has 106 valence electrons. The third kappa shape index (κ3) is 3.31. The van der Waals surface area contributed by atoms with Crippen LogP contribution in [0.3, 0.4) is 0 Å². The Labute approximate surface area is 115 Å². The van der Waals surface area contributed by atoms with Crippen LogP contribution in [0.25, 0.3) is 0 Å². The fourth-order valence-corrected chi connectivity index (χ4v) is 2.93. The molecule has 0 spiro atoms. The summed E-state index contributed by atoms with van der Waals surface area (Å²) < 4.78 is 5.88. The van der Waals surface area contributed by atoms with Gasteiger partial charge >= 0.3 is 0 Å². The summed E-state index contributed by atoms with van der Waals surface area (Å²) in [5.41, 5.74) is 7.39. The SMILES string of the molecule is COC1(c2nc(C)cc(CCN)n2)CCCCCC1. The molecule has 1 heterocycles. The van der Waals surface area contributed by atoms with Gasteiger partial charge in [0.15, 0.2) is 5.82 Å². The minimum absolute atomic E-state index is 0.286. The molecule has 1 aliphatic carbocycles. The summed E-state index contributed by atoms with van der Waals surface area (Å²) in [4.78, 5) is 9.36. The smallest absolute Gasteiger partial charge is 0.160 e.